The SMILES string of the molecule is CCOC(=O)c1cn2cc(-c3ccc(Cl)c(F)c3)[nH]c(=O)c2n1. The molecule has 2 aromatic heterocycles. The van der Waals surface area contributed by atoms with Crippen LogP contribution in [-0.4, -0.2) is 26.9 Å². The third-order valence-electron chi connectivity index (χ3n) is 3.17. The molecule has 0 aliphatic rings. The summed E-state index contributed by atoms with van der Waals surface area (Å²) in [6.07, 6.45) is 2.92. The van der Waals surface area contributed by atoms with Gasteiger partial charge < -0.3 is 9.72 Å². The fourth-order valence-electron chi connectivity index (χ4n) is 2.12. The van der Waals surface area contributed by atoms with E-state index in [0.717, 1.165) is 0 Å². The molecule has 0 amide bonds. The van der Waals surface area contributed by atoms with Gasteiger partial charge in [0.1, 0.15) is 5.82 Å². The summed E-state index contributed by atoms with van der Waals surface area (Å²) in [6, 6.07) is 4.18. The molecule has 2 heterocycles. The maximum atomic E-state index is 13.6. The molecule has 0 saturated carbocycles. The number of H-pyrrole nitrogens is 1. The zero-order chi connectivity index (χ0) is 16.6. The topological polar surface area (TPSA) is 76.5 Å². The number of nitrogens with one attached hydrogen (secondary N) is 1. The number of carbonyl (C=O) groups excluding carboxylic acids is 1. The zero-order valence-corrected chi connectivity index (χ0v) is 12.7. The van der Waals surface area contributed by atoms with E-state index in [4.69, 9.17) is 16.3 Å². The van der Waals surface area contributed by atoms with Crippen molar-refractivity contribution in [3.8, 4) is 11.3 Å². The Morgan fingerprint density at radius 2 is 2.22 bits per heavy atom. The van der Waals surface area contributed by atoms with Crippen LogP contribution in [0.25, 0.3) is 16.9 Å². The number of ether oxygens (including phenoxy) is 1. The summed E-state index contributed by atoms with van der Waals surface area (Å²) in [5.74, 6) is -1.21. The first-order valence-corrected chi connectivity index (χ1v) is 7.12. The number of nitrogens with zero attached hydrogens (tertiary/aromatic N) is 2. The first kappa shape index (κ1) is 15.2. The minimum Gasteiger partial charge on any atom is -0.461 e. The van der Waals surface area contributed by atoms with Crippen LogP contribution in [0.3, 0.4) is 0 Å². The summed E-state index contributed by atoms with van der Waals surface area (Å²) in [6.45, 7) is 1.88. The maximum absolute atomic E-state index is 13.6. The highest BCUT2D eigenvalue weighted by atomic mass is 35.5. The zero-order valence-electron chi connectivity index (χ0n) is 12.0. The Morgan fingerprint density at radius 1 is 1.43 bits per heavy atom. The van der Waals surface area contributed by atoms with E-state index in [2.05, 4.69) is 9.97 Å². The third kappa shape index (κ3) is 2.83. The fourth-order valence-corrected chi connectivity index (χ4v) is 2.24. The standard InChI is InChI=1S/C15H11ClFN3O3/c1-2-23-15(22)12-7-20-6-11(19-14(21)13(20)18-12)8-3-4-9(16)10(17)5-8/h3-7H,2H2,1H3,(H,19,21). The Morgan fingerprint density at radius 3 is 2.91 bits per heavy atom. The van der Waals surface area contributed by atoms with Crippen LogP contribution in [0, 0.1) is 5.82 Å². The van der Waals surface area contributed by atoms with Crippen molar-refractivity contribution in [2.45, 2.75) is 6.92 Å². The quantitative estimate of drug-likeness (QED) is 0.746. The monoisotopic (exact) mass is 335 g/mol. The molecule has 0 atom stereocenters. The number of aromatic nitrogens is 3. The molecular weight excluding hydrogens is 325 g/mol. The van der Waals surface area contributed by atoms with Crippen LogP contribution >= 0.6 is 11.6 Å². The number of rotatable bonds is 3. The number of halogens is 2. The second kappa shape index (κ2) is 5.85. The summed E-state index contributed by atoms with van der Waals surface area (Å²) in [7, 11) is 0. The van der Waals surface area contributed by atoms with E-state index in [1.54, 1.807) is 13.0 Å². The van der Waals surface area contributed by atoms with Crippen LogP contribution in [0.1, 0.15) is 17.4 Å². The van der Waals surface area contributed by atoms with E-state index in [1.807, 2.05) is 0 Å². The fraction of sp³-hybridized carbons (Fsp3) is 0.133. The van der Waals surface area contributed by atoms with Gasteiger partial charge in [-0.2, -0.15) is 0 Å². The first-order valence-electron chi connectivity index (χ1n) is 6.74. The summed E-state index contributed by atoms with van der Waals surface area (Å²) < 4.78 is 19.8. The molecule has 0 aliphatic carbocycles. The van der Waals surface area contributed by atoms with Crippen LogP contribution in [-0.2, 0) is 4.74 Å². The lowest BCUT2D eigenvalue weighted by atomic mass is 10.1. The average molecular weight is 336 g/mol. The van der Waals surface area contributed by atoms with Crippen molar-refractivity contribution in [1.82, 2.24) is 14.4 Å². The van der Waals surface area contributed by atoms with Gasteiger partial charge in [0.05, 0.1) is 17.3 Å². The predicted octanol–water partition coefficient (Wildman–Crippen LogP) is 2.66. The second-order valence-electron chi connectivity index (χ2n) is 4.70. The molecule has 23 heavy (non-hydrogen) atoms. The molecule has 0 spiro atoms. The van der Waals surface area contributed by atoms with E-state index >= 15 is 0 Å². The van der Waals surface area contributed by atoms with Crippen LogP contribution in [0.15, 0.2) is 35.4 Å². The van der Waals surface area contributed by atoms with Gasteiger partial charge in [0.15, 0.2) is 5.69 Å². The van der Waals surface area contributed by atoms with Crippen molar-refractivity contribution in [2.24, 2.45) is 0 Å². The molecular formula is C15H11ClFN3O3. The van der Waals surface area contributed by atoms with E-state index < -0.39 is 17.3 Å². The normalized spacial score (nSPS) is 10.9. The second-order valence-corrected chi connectivity index (χ2v) is 5.11. The Balaban J connectivity index is 2.11. The van der Waals surface area contributed by atoms with Gasteiger partial charge >= 0.3 is 5.97 Å². The van der Waals surface area contributed by atoms with Gasteiger partial charge in [-0.15, -0.1) is 0 Å². The van der Waals surface area contributed by atoms with Crippen molar-refractivity contribution >= 4 is 23.2 Å². The number of carbonyl (C=O) groups is 1. The van der Waals surface area contributed by atoms with Crippen LogP contribution in [0.2, 0.25) is 5.02 Å². The predicted molar refractivity (Wildman–Crippen MR) is 82.2 cm³/mol. The number of benzene rings is 1. The lowest BCUT2D eigenvalue weighted by molar-refractivity contribution is 0.0520. The van der Waals surface area contributed by atoms with Crippen LogP contribution < -0.4 is 5.56 Å². The maximum Gasteiger partial charge on any atom is 0.358 e. The Bertz CT molecular complexity index is 964. The summed E-state index contributed by atoms with van der Waals surface area (Å²) >= 11 is 5.65. The number of hydrogen-bond acceptors (Lipinski definition) is 4. The molecule has 0 radical (unpaired) electrons. The van der Waals surface area contributed by atoms with Crippen LogP contribution in [0.5, 0.6) is 0 Å². The number of esters is 1. The van der Waals surface area contributed by atoms with Crippen LogP contribution in [0.4, 0.5) is 4.39 Å². The van der Waals surface area contributed by atoms with E-state index in [0.29, 0.717) is 11.3 Å². The van der Waals surface area contributed by atoms with Gasteiger partial charge in [-0.1, -0.05) is 17.7 Å². The Hall–Kier alpha value is -2.67. The van der Waals surface area contributed by atoms with E-state index in [-0.39, 0.29) is 23.0 Å². The van der Waals surface area contributed by atoms with Crippen molar-refractivity contribution in [3.63, 3.8) is 0 Å². The highest BCUT2D eigenvalue weighted by Crippen LogP contribution is 2.22. The molecule has 3 aromatic rings. The molecule has 0 bridgehead atoms. The molecule has 0 saturated heterocycles. The lowest BCUT2D eigenvalue weighted by Crippen LogP contribution is -2.11. The van der Waals surface area contributed by atoms with Gasteiger partial charge in [-0.3, -0.25) is 9.20 Å². The average Bonchev–Trinajstić information content (AvgIpc) is 2.95. The van der Waals surface area contributed by atoms with E-state index in [1.165, 1.54) is 28.9 Å². The number of imidazole rings is 1. The van der Waals surface area contributed by atoms with Crippen molar-refractivity contribution in [3.05, 3.63) is 57.5 Å². The van der Waals surface area contributed by atoms with Gasteiger partial charge in [-0.25, -0.2) is 14.2 Å². The minimum atomic E-state index is -0.616. The van der Waals surface area contributed by atoms with Gasteiger partial charge in [0.25, 0.3) is 5.56 Å². The molecule has 3 rings (SSSR count). The highest BCUT2D eigenvalue weighted by Gasteiger charge is 2.15. The Kier molecular flexibility index (Phi) is 3.87. The Labute approximate surface area is 134 Å². The van der Waals surface area contributed by atoms with Crippen molar-refractivity contribution in [1.29, 1.82) is 0 Å². The number of hydrogen-bond donors (Lipinski definition) is 1. The largest absolute Gasteiger partial charge is 0.461 e. The number of fused-ring (bicyclic) bond motifs is 1. The first-order chi connectivity index (χ1) is 11.0. The van der Waals surface area contributed by atoms with Gasteiger partial charge in [-0.05, 0) is 19.1 Å². The summed E-state index contributed by atoms with van der Waals surface area (Å²) in [4.78, 5) is 30.3. The highest BCUT2D eigenvalue weighted by molar-refractivity contribution is 6.30. The van der Waals surface area contributed by atoms with Crippen molar-refractivity contribution < 1.29 is 13.9 Å². The molecule has 0 fully saturated rings. The molecule has 8 heteroatoms. The lowest BCUT2D eigenvalue weighted by Gasteiger charge is -2.03. The van der Waals surface area contributed by atoms with Gasteiger partial charge in [0, 0.05) is 18.0 Å². The number of aromatic amines is 1. The van der Waals surface area contributed by atoms with Crippen molar-refractivity contribution in [2.75, 3.05) is 6.61 Å². The molecule has 1 aromatic carbocycles. The van der Waals surface area contributed by atoms with E-state index in [9.17, 15) is 14.0 Å². The smallest absolute Gasteiger partial charge is 0.358 e. The molecule has 118 valence electrons. The summed E-state index contributed by atoms with van der Waals surface area (Å²) in [5, 5.41) is -0.00981. The summed E-state index contributed by atoms with van der Waals surface area (Å²) in [5.41, 5.74) is 0.375. The minimum absolute atomic E-state index is 0.00981. The molecule has 6 nitrogen and oxygen atoms in total. The molecule has 0 unspecified atom stereocenters. The third-order valence-corrected chi connectivity index (χ3v) is 3.47. The molecule has 0 aliphatic heterocycles. The van der Waals surface area contributed by atoms with Gasteiger partial charge in [0.2, 0.25) is 5.65 Å². The molecule has 1 N–H and O–H groups in total.